The highest BCUT2D eigenvalue weighted by Crippen LogP contribution is 2.07. The van der Waals surface area contributed by atoms with Crippen LogP contribution in [0.3, 0.4) is 0 Å². The van der Waals surface area contributed by atoms with Crippen LogP contribution in [0.1, 0.15) is 0 Å². The Bertz CT molecular complexity index is 173. The molecule has 13 heavy (non-hydrogen) atoms. The van der Waals surface area contributed by atoms with Gasteiger partial charge in [-0.2, -0.15) is 0 Å². The molecule has 78 valence electrons. The summed E-state index contributed by atoms with van der Waals surface area (Å²) in [7, 11) is 0. The van der Waals surface area contributed by atoms with Crippen molar-refractivity contribution >= 4 is 21.7 Å². The minimum atomic E-state index is -1.91. The molecule has 0 amide bonds. The summed E-state index contributed by atoms with van der Waals surface area (Å²) >= 11 is 2.51. The first kappa shape index (κ1) is 12.9. The highest BCUT2D eigenvalue weighted by Gasteiger charge is 2.32. The van der Waals surface area contributed by atoms with Gasteiger partial charge in [-0.25, -0.2) is 0 Å². The molecule has 0 aromatic carbocycles. The average Bonchev–Trinajstić information content (AvgIpc) is 2.12. The number of rotatable bonds is 5. The Morgan fingerprint density at radius 3 is 1.92 bits per heavy atom. The smallest absolute Gasteiger partial charge is 0.195 e. The quantitative estimate of drug-likeness (QED) is 0.344. The maximum absolute atomic E-state index is 10.9. The maximum Gasteiger partial charge on any atom is 0.195 e. The Morgan fingerprint density at radius 2 is 1.62 bits per heavy atom. The van der Waals surface area contributed by atoms with Crippen LogP contribution in [0.2, 0.25) is 0 Å². The minimum Gasteiger partial charge on any atom is -0.394 e. The van der Waals surface area contributed by atoms with Crippen molar-refractivity contribution in [1.29, 1.82) is 0 Å². The van der Waals surface area contributed by atoms with Gasteiger partial charge in [0.1, 0.15) is 17.2 Å². The van der Waals surface area contributed by atoms with Gasteiger partial charge in [-0.15, -0.1) is 0 Å². The van der Waals surface area contributed by atoms with Crippen molar-refractivity contribution in [3.63, 3.8) is 0 Å². The number of hydrogen-bond acceptors (Lipinski definition) is 6. The van der Waals surface area contributed by atoms with Crippen LogP contribution in [0.25, 0.3) is 0 Å². The van der Waals surface area contributed by atoms with Crippen molar-refractivity contribution in [2.75, 3.05) is 6.61 Å². The Labute approximate surface area is 82.6 Å². The molecule has 0 aromatic rings. The zero-order valence-electron chi connectivity index (χ0n) is 6.54. The normalized spacial score (nSPS) is 20.5. The van der Waals surface area contributed by atoms with E-state index in [0.717, 1.165) is 0 Å². The number of carbonyl (C=O) groups is 1. The summed E-state index contributed by atoms with van der Waals surface area (Å²) in [5.41, 5.74) is 0. The lowest BCUT2D eigenvalue weighted by Gasteiger charge is -2.18. The van der Waals surface area contributed by atoms with Crippen molar-refractivity contribution in [2.24, 2.45) is 0 Å². The Balaban J connectivity index is 4.25. The van der Waals surface area contributed by atoms with Gasteiger partial charge in [0, 0.05) is 0 Å². The van der Waals surface area contributed by atoms with E-state index >= 15 is 0 Å². The lowest BCUT2D eigenvalue weighted by molar-refractivity contribution is -0.145. The van der Waals surface area contributed by atoms with Crippen molar-refractivity contribution in [1.82, 2.24) is 0 Å². The zero-order valence-corrected chi connectivity index (χ0v) is 8.12. The second-order valence-corrected chi connectivity index (χ2v) is 3.35. The van der Waals surface area contributed by atoms with Crippen LogP contribution in [0.4, 0.5) is 0 Å². The number of aliphatic hydroxyl groups is 5. The summed E-state index contributed by atoms with van der Waals surface area (Å²) in [6.45, 7) is -0.808. The predicted octanol–water partition coefficient (Wildman–Crippen LogP) is -2.66. The molecule has 0 aliphatic carbocycles. The molecule has 0 bridgehead atoms. The van der Waals surface area contributed by atoms with Gasteiger partial charge >= 0.3 is 0 Å². The first-order valence-electron chi connectivity index (χ1n) is 3.42. The zero-order chi connectivity index (χ0) is 10.6. The molecule has 0 radical (unpaired) electrons. The van der Waals surface area contributed by atoms with E-state index in [4.69, 9.17) is 25.5 Å². The molecule has 0 aliphatic heterocycles. The molecular formula is C6H11BrO6. The summed E-state index contributed by atoms with van der Waals surface area (Å²) in [5.74, 6) is -1.16. The van der Waals surface area contributed by atoms with Gasteiger partial charge in [0.25, 0.3) is 0 Å². The fourth-order valence-corrected chi connectivity index (χ4v) is 0.860. The highest BCUT2D eigenvalue weighted by molar-refractivity contribution is 9.09. The SMILES string of the molecule is O=C([C@H](O)C(O)Br)[C@H](O)[C@@H](O)CO. The second kappa shape index (κ2) is 5.63. The monoisotopic (exact) mass is 258 g/mol. The van der Waals surface area contributed by atoms with Crippen LogP contribution in [-0.4, -0.2) is 61.2 Å². The van der Waals surface area contributed by atoms with Crippen LogP contribution in [0, 0.1) is 0 Å². The molecule has 0 saturated carbocycles. The van der Waals surface area contributed by atoms with E-state index in [1.165, 1.54) is 0 Å². The molecule has 0 fully saturated rings. The van der Waals surface area contributed by atoms with Crippen LogP contribution >= 0.6 is 15.9 Å². The molecule has 0 spiro atoms. The third-order valence-corrected chi connectivity index (χ3v) is 1.90. The average molecular weight is 259 g/mol. The van der Waals surface area contributed by atoms with Crippen molar-refractivity contribution < 1.29 is 30.3 Å². The molecule has 0 heterocycles. The largest absolute Gasteiger partial charge is 0.394 e. The number of Topliss-reactive ketones (excluding diaryl/α,β-unsaturated/α-hetero) is 1. The van der Waals surface area contributed by atoms with E-state index in [2.05, 4.69) is 15.9 Å². The highest BCUT2D eigenvalue weighted by atomic mass is 79.9. The van der Waals surface area contributed by atoms with Gasteiger partial charge in [0.05, 0.1) is 6.61 Å². The van der Waals surface area contributed by atoms with E-state index in [0.29, 0.717) is 0 Å². The first-order chi connectivity index (χ1) is 5.91. The number of carbonyl (C=O) groups excluding carboxylic acids is 1. The van der Waals surface area contributed by atoms with Crippen LogP contribution in [-0.2, 0) is 4.79 Å². The lowest BCUT2D eigenvalue weighted by atomic mass is 10.1. The first-order valence-corrected chi connectivity index (χ1v) is 4.34. The third kappa shape index (κ3) is 3.67. The number of ketones is 1. The van der Waals surface area contributed by atoms with Crippen LogP contribution in [0.15, 0.2) is 0 Å². The number of hydrogen-bond donors (Lipinski definition) is 5. The summed E-state index contributed by atoms with van der Waals surface area (Å²) in [6.07, 6.45) is -5.41. The third-order valence-electron chi connectivity index (χ3n) is 1.40. The molecule has 0 rings (SSSR count). The topological polar surface area (TPSA) is 118 Å². The molecule has 6 nitrogen and oxygen atoms in total. The van der Waals surface area contributed by atoms with Gasteiger partial charge < -0.3 is 25.5 Å². The van der Waals surface area contributed by atoms with Gasteiger partial charge in [0.15, 0.2) is 11.9 Å². The van der Waals surface area contributed by atoms with Crippen molar-refractivity contribution in [3.8, 4) is 0 Å². The minimum absolute atomic E-state index is 0.808. The molecule has 4 atom stereocenters. The molecule has 7 heteroatoms. The van der Waals surface area contributed by atoms with Crippen LogP contribution in [0.5, 0.6) is 0 Å². The molecule has 5 N–H and O–H groups in total. The number of alkyl halides is 1. The van der Waals surface area contributed by atoms with E-state index in [9.17, 15) is 4.79 Å². The summed E-state index contributed by atoms with van der Waals surface area (Å²) in [4.78, 5) is 10.9. The second-order valence-electron chi connectivity index (χ2n) is 2.41. The predicted molar refractivity (Wildman–Crippen MR) is 45.0 cm³/mol. The maximum atomic E-state index is 10.9. The van der Waals surface area contributed by atoms with Crippen molar-refractivity contribution in [3.05, 3.63) is 0 Å². The van der Waals surface area contributed by atoms with E-state index in [1.54, 1.807) is 0 Å². The van der Waals surface area contributed by atoms with Crippen LogP contribution < -0.4 is 0 Å². The van der Waals surface area contributed by atoms with Gasteiger partial charge in [-0.05, 0) is 0 Å². The van der Waals surface area contributed by atoms with Gasteiger partial charge in [0.2, 0.25) is 0 Å². The Hall–Kier alpha value is -0.0500. The van der Waals surface area contributed by atoms with Gasteiger partial charge in [-0.1, -0.05) is 15.9 Å². The van der Waals surface area contributed by atoms with E-state index in [-0.39, 0.29) is 0 Å². The number of halogens is 1. The molecule has 1 unspecified atom stereocenters. The fraction of sp³-hybridized carbons (Fsp3) is 0.833. The molecule has 0 aliphatic rings. The summed E-state index contributed by atoms with van der Waals surface area (Å²) in [6, 6.07) is 0. The van der Waals surface area contributed by atoms with Crippen molar-refractivity contribution in [2.45, 2.75) is 23.3 Å². The Morgan fingerprint density at radius 1 is 1.15 bits per heavy atom. The molecular weight excluding hydrogens is 248 g/mol. The van der Waals surface area contributed by atoms with E-state index < -0.39 is 35.7 Å². The molecule has 0 aromatic heterocycles. The summed E-state index contributed by atoms with van der Waals surface area (Å²) in [5, 5.41) is 42.2. The fourth-order valence-electron chi connectivity index (χ4n) is 0.600. The molecule has 0 saturated heterocycles. The standard InChI is InChI=1S/C6H11BrO6/c7-6(13)5(12)4(11)3(10)2(9)1-8/h2-3,5-6,8-10,12-13H,1H2/t2-,3+,5-,6?/m0/s1. The lowest BCUT2D eigenvalue weighted by Crippen LogP contribution is -2.45. The number of aliphatic hydroxyl groups excluding tert-OH is 5. The Kier molecular flexibility index (Phi) is 5.61. The van der Waals surface area contributed by atoms with E-state index in [1.807, 2.05) is 0 Å². The summed E-state index contributed by atoms with van der Waals surface area (Å²) < 4.78 is 0. The van der Waals surface area contributed by atoms with Gasteiger partial charge in [-0.3, -0.25) is 4.79 Å².